The predicted octanol–water partition coefficient (Wildman–Crippen LogP) is 0.728. The Morgan fingerprint density at radius 2 is 2.00 bits per heavy atom. The van der Waals surface area contributed by atoms with E-state index < -0.39 is 0 Å². The second kappa shape index (κ2) is 4.34. The number of carbonyl (C=O) groups excluding carboxylic acids is 1. The van der Waals surface area contributed by atoms with Gasteiger partial charge >= 0.3 is 0 Å². The summed E-state index contributed by atoms with van der Waals surface area (Å²) in [6.07, 6.45) is 3.82. The minimum atomic E-state index is 0.00979. The number of rotatable bonds is 2. The minimum Gasteiger partial charge on any atom is -0.338 e. The molecule has 0 aromatic heterocycles. The zero-order valence-electron chi connectivity index (χ0n) is 6.97. The molecule has 1 amide bonds. The van der Waals surface area contributed by atoms with Crippen molar-refractivity contribution in [3.05, 3.63) is 6.67 Å². The second-order valence-electron chi connectivity index (χ2n) is 2.93. The van der Waals surface area contributed by atoms with E-state index in [0.29, 0.717) is 0 Å². The van der Waals surface area contributed by atoms with Crippen LogP contribution in [0.15, 0.2) is 0 Å². The summed E-state index contributed by atoms with van der Waals surface area (Å²) in [6, 6.07) is 0. The third-order valence-electron chi connectivity index (χ3n) is 1.84. The number of nitrogens with one attached hydrogen (secondary N) is 1. The highest BCUT2D eigenvalue weighted by Crippen LogP contribution is 2.08. The van der Waals surface area contributed by atoms with Gasteiger partial charge in [0.1, 0.15) is 6.67 Å². The normalized spacial score (nSPS) is 19.7. The molecule has 0 atom stereocenters. The third-order valence-corrected chi connectivity index (χ3v) is 1.84. The maximum absolute atomic E-state index is 10.5. The van der Waals surface area contributed by atoms with Crippen molar-refractivity contribution in [1.82, 2.24) is 10.2 Å². The molecule has 3 nitrogen and oxygen atoms in total. The van der Waals surface area contributed by atoms with Crippen LogP contribution < -0.4 is 5.32 Å². The molecule has 1 fully saturated rings. The van der Waals surface area contributed by atoms with E-state index in [2.05, 4.69) is 10.2 Å². The van der Waals surface area contributed by atoms with Crippen LogP contribution in [0.1, 0.15) is 26.2 Å². The maximum atomic E-state index is 10.5. The number of nitrogens with zero attached hydrogens (tertiary/aromatic N) is 1. The second-order valence-corrected chi connectivity index (χ2v) is 2.93. The number of piperidine rings is 1. The van der Waals surface area contributed by atoms with Crippen molar-refractivity contribution in [2.75, 3.05) is 13.1 Å². The Kier molecular flexibility index (Phi) is 3.36. The van der Waals surface area contributed by atoms with Crippen molar-refractivity contribution in [2.45, 2.75) is 26.2 Å². The Balaban J connectivity index is 2.09. The molecular formula is C8H15N2O. The van der Waals surface area contributed by atoms with Gasteiger partial charge in [0.15, 0.2) is 0 Å². The topological polar surface area (TPSA) is 32.3 Å². The summed E-state index contributed by atoms with van der Waals surface area (Å²) in [5, 5.41) is 2.68. The van der Waals surface area contributed by atoms with E-state index in [4.69, 9.17) is 0 Å². The number of amides is 1. The summed E-state index contributed by atoms with van der Waals surface area (Å²) in [5.41, 5.74) is 0. The van der Waals surface area contributed by atoms with Gasteiger partial charge < -0.3 is 5.32 Å². The Morgan fingerprint density at radius 3 is 2.55 bits per heavy atom. The quantitative estimate of drug-likeness (QED) is 0.637. The highest BCUT2D eigenvalue weighted by atomic mass is 16.1. The zero-order valence-corrected chi connectivity index (χ0v) is 6.97. The Morgan fingerprint density at radius 1 is 1.36 bits per heavy atom. The van der Waals surface area contributed by atoms with Crippen LogP contribution in [0, 0.1) is 6.67 Å². The first kappa shape index (κ1) is 8.53. The smallest absolute Gasteiger partial charge is 0.218 e. The molecule has 1 aliphatic heterocycles. The van der Waals surface area contributed by atoms with Gasteiger partial charge in [-0.05, 0) is 12.8 Å². The van der Waals surface area contributed by atoms with Crippen molar-refractivity contribution in [1.29, 1.82) is 0 Å². The first-order chi connectivity index (χ1) is 5.29. The van der Waals surface area contributed by atoms with Crippen molar-refractivity contribution in [2.24, 2.45) is 0 Å². The summed E-state index contributed by atoms with van der Waals surface area (Å²) in [6.45, 7) is 5.49. The van der Waals surface area contributed by atoms with E-state index in [1.165, 1.54) is 26.2 Å². The van der Waals surface area contributed by atoms with Gasteiger partial charge in [0.05, 0.1) is 0 Å². The molecule has 1 N–H and O–H groups in total. The number of hydrogen-bond acceptors (Lipinski definition) is 2. The van der Waals surface area contributed by atoms with Gasteiger partial charge in [-0.3, -0.25) is 9.69 Å². The molecule has 0 unspecified atom stereocenters. The van der Waals surface area contributed by atoms with Crippen LogP contribution >= 0.6 is 0 Å². The van der Waals surface area contributed by atoms with Crippen LogP contribution in [0.3, 0.4) is 0 Å². The standard InChI is InChI=1S/C8H15N2O/c1-8(11)9-7-10-5-3-2-4-6-10/h7H,2-6H2,1H3,(H,9,11). The largest absolute Gasteiger partial charge is 0.338 e. The highest BCUT2D eigenvalue weighted by molar-refractivity contribution is 5.73. The molecule has 1 rings (SSSR count). The fourth-order valence-corrected chi connectivity index (χ4v) is 1.23. The molecule has 3 heteroatoms. The molecule has 1 radical (unpaired) electrons. The molecule has 1 saturated heterocycles. The van der Waals surface area contributed by atoms with Gasteiger partial charge in [-0.1, -0.05) is 6.42 Å². The first-order valence-electron chi connectivity index (χ1n) is 4.13. The monoisotopic (exact) mass is 155 g/mol. The molecule has 0 aromatic rings. The lowest BCUT2D eigenvalue weighted by Gasteiger charge is -2.25. The average molecular weight is 155 g/mol. The van der Waals surface area contributed by atoms with Gasteiger partial charge in [0.2, 0.25) is 5.91 Å². The van der Waals surface area contributed by atoms with Crippen molar-refractivity contribution in [3.63, 3.8) is 0 Å². The molecule has 0 saturated carbocycles. The minimum absolute atomic E-state index is 0.00979. The van der Waals surface area contributed by atoms with Crippen LogP contribution in [-0.4, -0.2) is 23.9 Å². The van der Waals surface area contributed by atoms with Crippen molar-refractivity contribution >= 4 is 5.91 Å². The lowest BCUT2D eigenvalue weighted by Crippen LogP contribution is -2.34. The van der Waals surface area contributed by atoms with Crippen LogP contribution in [0.2, 0.25) is 0 Å². The summed E-state index contributed by atoms with van der Waals surface area (Å²) in [4.78, 5) is 12.7. The third kappa shape index (κ3) is 3.37. The molecule has 0 spiro atoms. The van der Waals surface area contributed by atoms with E-state index in [9.17, 15) is 4.79 Å². The highest BCUT2D eigenvalue weighted by Gasteiger charge is 2.09. The van der Waals surface area contributed by atoms with Crippen LogP contribution in [-0.2, 0) is 4.79 Å². The molecule has 1 heterocycles. The summed E-state index contributed by atoms with van der Waals surface area (Å²) < 4.78 is 0. The average Bonchev–Trinajstić information content (AvgIpc) is 2.03. The number of likely N-dealkylation sites (tertiary alicyclic amines) is 1. The van der Waals surface area contributed by atoms with Crippen molar-refractivity contribution < 1.29 is 4.79 Å². The first-order valence-corrected chi connectivity index (χ1v) is 4.13. The Labute approximate surface area is 67.8 Å². The van der Waals surface area contributed by atoms with Crippen LogP contribution in [0.4, 0.5) is 0 Å². The number of carbonyl (C=O) groups is 1. The molecule has 0 aliphatic carbocycles. The van der Waals surface area contributed by atoms with E-state index in [1.807, 2.05) is 0 Å². The van der Waals surface area contributed by atoms with Crippen molar-refractivity contribution in [3.8, 4) is 0 Å². The molecule has 1 aliphatic rings. The molecular weight excluding hydrogens is 140 g/mol. The Bertz CT molecular complexity index is 130. The van der Waals surface area contributed by atoms with Gasteiger partial charge in [-0.15, -0.1) is 0 Å². The molecule has 63 valence electrons. The predicted molar refractivity (Wildman–Crippen MR) is 43.5 cm³/mol. The Hall–Kier alpha value is -0.570. The van der Waals surface area contributed by atoms with Gasteiger partial charge in [-0.2, -0.15) is 0 Å². The van der Waals surface area contributed by atoms with Crippen LogP contribution in [0.25, 0.3) is 0 Å². The summed E-state index contributed by atoms with van der Waals surface area (Å²) in [7, 11) is 0. The lowest BCUT2D eigenvalue weighted by molar-refractivity contribution is -0.118. The lowest BCUT2D eigenvalue weighted by atomic mass is 10.1. The van der Waals surface area contributed by atoms with E-state index in [-0.39, 0.29) is 5.91 Å². The van der Waals surface area contributed by atoms with Gasteiger partial charge in [0.25, 0.3) is 0 Å². The molecule has 0 aromatic carbocycles. The molecule has 11 heavy (non-hydrogen) atoms. The van der Waals surface area contributed by atoms with E-state index in [1.54, 1.807) is 6.67 Å². The zero-order chi connectivity index (χ0) is 8.10. The fraction of sp³-hybridized carbons (Fsp3) is 0.750. The summed E-state index contributed by atoms with van der Waals surface area (Å²) >= 11 is 0. The SMILES string of the molecule is CC(=O)N[CH]N1CCCCC1. The van der Waals surface area contributed by atoms with Crippen LogP contribution in [0.5, 0.6) is 0 Å². The van der Waals surface area contributed by atoms with Gasteiger partial charge in [0, 0.05) is 20.0 Å². The fourth-order valence-electron chi connectivity index (χ4n) is 1.23. The summed E-state index contributed by atoms with van der Waals surface area (Å²) in [5.74, 6) is 0.00979. The maximum Gasteiger partial charge on any atom is 0.218 e. The van der Waals surface area contributed by atoms with E-state index >= 15 is 0 Å². The van der Waals surface area contributed by atoms with E-state index in [0.717, 1.165) is 13.1 Å². The van der Waals surface area contributed by atoms with Gasteiger partial charge in [-0.25, -0.2) is 0 Å². The molecule has 0 bridgehead atoms. The number of hydrogen-bond donors (Lipinski definition) is 1.